The number of aromatic nitrogens is 2. The van der Waals surface area contributed by atoms with Gasteiger partial charge in [-0.2, -0.15) is 0 Å². The minimum absolute atomic E-state index is 0.149. The first kappa shape index (κ1) is 20.6. The smallest absolute Gasteiger partial charge is 0.258 e. The molecule has 2 aromatic heterocycles. The first-order chi connectivity index (χ1) is 14.0. The molecule has 0 radical (unpaired) electrons. The number of thiophene rings is 1. The van der Waals surface area contributed by atoms with E-state index in [1.54, 1.807) is 13.0 Å². The first-order valence-electron chi connectivity index (χ1n) is 9.86. The Labute approximate surface area is 178 Å². The van der Waals surface area contributed by atoms with Crippen LogP contribution in [0.2, 0.25) is 0 Å². The lowest BCUT2D eigenvalue weighted by Gasteiger charge is -2.41. The Balaban J connectivity index is 1.69. The summed E-state index contributed by atoms with van der Waals surface area (Å²) in [5.74, 6) is 0.134. The summed E-state index contributed by atoms with van der Waals surface area (Å²) in [7, 11) is 0. The number of rotatable bonds is 4. The number of primary amides is 1. The first-order valence-corrected chi connectivity index (χ1v) is 10.7. The van der Waals surface area contributed by atoms with Crippen molar-refractivity contribution in [2.45, 2.75) is 58.8 Å². The summed E-state index contributed by atoms with van der Waals surface area (Å²) >= 11 is 1.52. The minimum atomic E-state index is -0.503. The number of nitrogens with two attached hydrogens (primary N) is 1. The molecule has 8 heteroatoms. The molecule has 158 valence electrons. The Morgan fingerprint density at radius 3 is 2.77 bits per heavy atom. The zero-order chi connectivity index (χ0) is 21.8. The normalized spacial score (nSPS) is 17.0. The van der Waals surface area contributed by atoms with Crippen molar-refractivity contribution in [2.75, 3.05) is 5.32 Å². The third-order valence-corrected chi connectivity index (χ3v) is 6.77. The van der Waals surface area contributed by atoms with Gasteiger partial charge in [-0.3, -0.25) is 9.59 Å². The standard InChI is InChI=1S/C22H26N4O3S/c1-11-25-15-8-12(6-7-13(15)19(28)26-11)10-24-20-16(18(23)27)14-9-21(2,3)29-22(4,5)17(14)30-20/h6-8,24H,9-10H2,1-5H3,(H2,23,27)(H,25,26,28). The van der Waals surface area contributed by atoms with Crippen LogP contribution in [0.1, 0.15) is 59.9 Å². The van der Waals surface area contributed by atoms with E-state index in [2.05, 4.69) is 15.3 Å². The molecule has 7 nitrogen and oxygen atoms in total. The predicted molar refractivity (Wildman–Crippen MR) is 119 cm³/mol. The SMILES string of the molecule is Cc1nc2cc(CNc3sc4c(c3C(N)=O)CC(C)(C)OC4(C)C)ccc2c(=O)[nH]1. The number of nitrogens with one attached hydrogen (secondary N) is 2. The summed E-state index contributed by atoms with van der Waals surface area (Å²) in [6.45, 7) is 10.3. The van der Waals surface area contributed by atoms with E-state index in [1.807, 2.05) is 39.8 Å². The molecule has 4 N–H and O–H groups in total. The fraction of sp³-hybridized carbons (Fsp3) is 0.409. The van der Waals surface area contributed by atoms with Gasteiger partial charge in [-0.15, -0.1) is 11.3 Å². The highest BCUT2D eigenvalue weighted by Gasteiger charge is 2.42. The molecule has 0 unspecified atom stereocenters. The van der Waals surface area contributed by atoms with Gasteiger partial charge in [-0.25, -0.2) is 4.98 Å². The summed E-state index contributed by atoms with van der Waals surface area (Å²) in [6.07, 6.45) is 0.629. The number of H-pyrrole nitrogens is 1. The van der Waals surface area contributed by atoms with Gasteiger partial charge in [0, 0.05) is 17.8 Å². The number of nitrogens with zero attached hydrogens (tertiary/aromatic N) is 1. The van der Waals surface area contributed by atoms with Gasteiger partial charge in [0.05, 0.1) is 27.7 Å². The molecule has 3 aromatic rings. The Hall–Kier alpha value is -2.71. The molecule has 1 aliphatic heterocycles. The van der Waals surface area contributed by atoms with Crippen LogP contribution in [0.15, 0.2) is 23.0 Å². The fourth-order valence-corrected chi connectivity index (χ4v) is 5.56. The van der Waals surface area contributed by atoms with Crippen LogP contribution in [0, 0.1) is 6.92 Å². The lowest BCUT2D eigenvalue weighted by Crippen LogP contribution is -2.42. The number of aromatic amines is 1. The van der Waals surface area contributed by atoms with Crippen LogP contribution in [-0.2, 0) is 23.3 Å². The van der Waals surface area contributed by atoms with Crippen LogP contribution in [0.25, 0.3) is 10.9 Å². The van der Waals surface area contributed by atoms with Gasteiger partial charge in [0.25, 0.3) is 11.5 Å². The second-order valence-corrected chi connectivity index (χ2v) is 9.90. The average Bonchev–Trinajstić information content (AvgIpc) is 2.97. The number of aryl methyl sites for hydroxylation is 1. The van der Waals surface area contributed by atoms with Crippen molar-refractivity contribution in [3.8, 4) is 0 Å². The number of ether oxygens (including phenoxy) is 1. The van der Waals surface area contributed by atoms with Crippen LogP contribution in [0.5, 0.6) is 0 Å². The third kappa shape index (κ3) is 3.61. The maximum Gasteiger partial charge on any atom is 0.258 e. The van der Waals surface area contributed by atoms with E-state index in [0.29, 0.717) is 35.3 Å². The molecule has 0 saturated carbocycles. The highest BCUT2D eigenvalue weighted by atomic mass is 32.1. The van der Waals surface area contributed by atoms with Gasteiger partial charge in [0.15, 0.2) is 0 Å². The van der Waals surface area contributed by atoms with Crippen LogP contribution < -0.4 is 16.6 Å². The maximum atomic E-state index is 12.3. The predicted octanol–water partition coefficient (Wildman–Crippen LogP) is 3.59. The van der Waals surface area contributed by atoms with Crippen LogP contribution in [0.4, 0.5) is 5.00 Å². The largest absolute Gasteiger partial charge is 0.372 e. The number of hydrogen-bond acceptors (Lipinski definition) is 6. The molecule has 1 aromatic carbocycles. The molecular formula is C22H26N4O3S. The fourth-order valence-electron chi connectivity index (χ4n) is 4.30. The number of carbonyl (C=O) groups excluding carboxylic acids is 1. The third-order valence-electron chi connectivity index (χ3n) is 5.28. The Kier molecular flexibility index (Phi) is 4.74. The lowest BCUT2D eigenvalue weighted by atomic mass is 9.86. The summed E-state index contributed by atoms with van der Waals surface area (Å²) in [6, 6.07) is 5.54. The highest BCUT2D eigenvalue weighted by molar-refractivity contribution is 7.17. The van der Waals surface area contributed by atoms with Crippen molar-refractivity contribution < 1.29 is 9.53 Å². The van der Waals surface area contributed by atoms with Crippen LogP contribution in [0.3, 0.4) is 0 Å². The van der Waals surface area contributed by atoms with Crippen LogP contribution in [-0.4, -0.2) is 21.5 Å². The molecule has 0 spiro atoms. The highest BCUT2D eigenvalue weighted by Crippen LogP contribution is 2.48. The molecular weight excluding hydrogens is 400 g/mol. The molecule has 30 heavy (non-hydrogen) atoms. The van der Waals surface area contributed by atoms with E-state index in [4.69, 9.17) is 10.5 Å². The molecule has 0 saturated heterocycles. The number of hydrogen-bond donors (Lipinski definition) is 3. The summed E-state index contributed by atoms with van der Waals surface area (Å²) in [5.41, 5.74) is 7.86. The molecule has 0 bridgehead atoms. The number of fused-ring (bicyclic) bond motifs is 2. The van der Waals surface area contributed by atoms with Gasteiger partial charge in [0.1, 0.15) is 10.8 Å². The summed E-state index contributed by atoms with van der Waals surface area (Å²) in [4.78, 5) is 32.6. The molecule has 4 rings (SSSR count). The van der Waals surface area contributed by atoms with E-state index < -0.39 is 11.5 Å². The van der Waals surface area contributed by atoms with E-state index in [9.17, 15) is 9.59 Å². The lowest BCUT2D eigenvalue weighted by molar-refractivity contribution is -0.135. The number of carbonyl (C=O) groups is 1. The van der Waals surface area contributed by atoms with E-state index in [-0.39, 0.29) is 11.2 Å². The zero-order valence-corrected chi connectivity index (χ0v) is 18.6. The molecule has 1 aliphatic rings. The Morgan fingerprint density at radius 1 is 1.33 bits per heavy atom. The van der Waals surface area contributed by atoms with Crippen molar-refractivity contribution in [1.29, 1.82) is 0 Å². The zero-order valence-electron chi connectivity index (χ0n) is 17.8. The molecule has 0 atom stereocenters. The minimum Gasteiger partial charge on any atom is -0.372 e. The Bertz CT molecular complexity index is 1220. The summed E-state index contributed by atoms with van der Waals surface area (Å²) < 4.78 is 6.26. The second kappa shape index (κ2) is 6.92. The van der Waals surface area contributed by atoms with Crippen molar-refractivity contribution in [1.82, 2.24) is 9.97 Å². The van der Waals surface area contributed by atoms with Gasteiger partial charge >= 0.3 is 0 Å². The van der Waals surface area contributed by atoms with E-state index in [1.165, 1.54) is 11.3 Å². The van der Waals surface area contributed by atoms with Crippen molar-refractivity contribution >= 4 is 33.1 Å². The van der Waals surface area contributed by atoms with Crippen molar-refractivity contribution in [2.24, 2.45) is 5.73 Å². The average molecular weight is 427 g/mol. The van der Waals surface area contributed by atoms with Crippen molar-refractivity contribution in [3.63, 3.8) is 0 Å². The summed E-state index contributed by atoms with van der Waals surface area (Å²) in [5, 5.41) is 4.67. The topological polar surface area (TPSA) is 110 Å². The second-order valence-electron chi connectivity index (χ2n) is 8.88. The van der Waals surface area contributed by atoms with Gasteiger partial charge in [0.2, 0.25) is 0 Å². The van der Waals surface area contributed by atoms with Crippen LogP contribution >= 0.6 is 11.3 Å². The number of amides is 1. The Morgan fingerprint density at radius 2 is 2.07 bits per heavy atom. The number of anilines is 1. The van der Waals surface area contributed by atoms with E-state index in [0.717, 1.165) is 21.0 Å². The monoisotopic (exact) mass is 426 g/mol. The molecule has 0 fully saturated rings. The van der Waals surface area contributed by atoms with Gasteiger partial charge in [-0.05, 0) is 57.9 Å². The quantitative estimate of drug-likeness (QED) is 0.590. The maximum absolute atomic E-state index is 12.3. The van der Waals surface area contributed by atoms with Gasteiger partial charge < -0.3 is 20.8 Å². The molecule has 1 amide bonds. The molecule has 0 aliphatic carbocycles. The van der Waals surface area contributed by atoms with Gasteiger partial charge in [-0.1, -0.05) is 6.07 Å². The molecule has 3 heterocycles. The van der Waals surface area contributed by atoms with E-state index >= 15 is 0 Å². The number of benzene rings is 1. The van der Waals surface area contributed by atoms with Crippen molar-refractivity contribution in [3.05, 3.63) is 55.9 Å².